The summed E-state index contributed by atoms with van der Waals surface area (Å²) in [5.41, 5.74) is 1.47. The SMILES string of the molecule is Cc1cnn(Cc2cc(-c3nc(C(C)(C)C)no3)no2)c1. The maximum atomic E-state index is 5.29. The first-order valence-electron chi connectivity index (χ1n) is 6.71. The van der Waals surface area contributed by atoms with Crippen molar-refractivity contribution in [2.75, 3.05) is 0 Å². The summed E-state index contributed by atoms with van der Waals surface area (Å²) in [6, 6.07) is 1.79. The van der Waals surface area contributed by atoms with Crippen LogP contribution in [0.2, 0.25) is 0 Å². The highest BCUT2D eigenvalue weighted by atomic mass is 16.5. The van der Waals surface area contributed by atoms with Crippen LogP contribution in [0.25, 0.3) is 11.6 Å². The van der Waals surface area contributed by atoms with Crippen LogP contribution in [0.1, 0.15) is 37.9 Å². The molecule has 0 atom stereocenters. The smallest absolute Gasteiger partial charge is 0.280 e. The van der Waals surface area contributed by atoms with Gasteiger partial charge in [-0.2, -0.15) is 10.1 Å². The van der Waals surface area contributed by atoms with Gasteiger partial charge in [-0.25, -0.2) is 0 Å². The molecule has 0 radical (unpaired) electrons. The maximum absolute atomic E-state index is 5.29. The summed E-state index contributed by atoms with van der Waals surface area (Å²) >= 11 is 0. The second kappa shape index (κ2) is 4.83. The van der Waals surface area contributed by atoms with E-state index >= 15 is 0 Å². The minimum Gasteiger partial charge on any atom is -0.359 e. The van der Waals surface area contributed by atoms with Gasteiger partial charge < -0.3 is 9.05 Å². The lowest BCUT2D eigenvalue weighted by Gasteiger charge is -2.10. The second-order valence-electron chi connectivity index (χ2n) is 6.07. The van der Waals surface area contributed by atoms with Crippen molar-refractivity contribution in [3.63, 3.8) is 0 Å². The standard InChI is InChI=1S/C14H17N5O2/c1-9-6-15-19(7-9)8-10-5-11(17-20-10)12-16-13(18-21-12)14(2,3)4/h5-7H,8H2,1-4H3. The molecule has 0 aliphatic carbocycles. The molecule has 0 spiro atoms. The fraction of sp³-hybridized carbons (Fsp3) is 0.429. The van der Waals surface area contributed by atoms with Gasteiger partial charge >= 0.3 is 0 Å². The molecule has 3 aromatic rings. The highest BCUT2D eigenvalue weighted by Gasteiger charge is 2.22. The highest BCUT2D eigenvalue weighted by Crippen LogP contribution is 2.23. The first-order valence-corrected chi connectivity index (χ1v) is 6.71. The highest BCUT2D eigenvalue weighted by molar-refractivity contribution is 5.45. The fourth-order valence-electron chi connectivity index (χ4n) is 1.83. The third-order valence-corrected chi connectivity index (χ3v) is 2.96. The molecule has 0 bridgehead atoms. The monoisotopic (exact) mass is 287 g/mol. The largest absolute Gasteiger partial charge is 0.359 e. The minimum atomic E-state index is -0.166. The Morgan fingerprint density at radius 1 is 1.19 bits per heavy atom. The van der Waals surface area contributed by atoms with Gasteiger partial charge in [-0.05, 0) is 12.5 Å². The molecule has 0 aliphatic rings. The van der Waals surface area contributed by atoms with E-state index in [-0.39, 0.29) is 5.41 Å². The van der Waals surface area contributed by atoms with Crippen LogP contribution < -0.4 is 0 Å². The van der Waals surface area contributed by atoms with Gasteiger partial charge in [0.15, 0.2) is 17.3 Å². The van der Waals surface area contributed by atoms with Crippen LogP contribution in [0.4, 0.5) is 0 Å². The zero-order valence-electron chi connectivity index (χ0n) is 12.5. The molecule has 21 heavy (non-hydrogen) atoms. The molecule has 110 valence electrons. The van der Waals surface area contributed by atoms with E-state index in [0.29, 0.717) is 29.7 Å². The van der Waals surface area contributed by atoms with Crippen LogP contribution in [0.5, 0.6) is 0 Å². The van der Waals surface area contributed by atoms with Gasteiger partial charge in [0.05, 0.1) is 6.20 Å². The van der Waals surface area contributed by atoms with Crippen molar-refractivity contribution in [1.29, 1.82) is 0 Å². The number of aryl methyl sites for hydroxylation is 1. The average molecular weight is 287 g/mol. The Morgan fingerprint density at radius 3 is 2.62 bits per heavy atom. The molecule has 0 aromatic carbocycles. The Morgan fingerprint density at radius 2 is 2.00 bits per heavy atom. The van der Waals surface area contributed by atoms with Crippen molar-refractivity contribution in [2.24, 2.45) is 0 Å². The third kappa shape index (κ3) is 2.86. The number of nitrogens with zero attached hydrogens (tertiary/aromatic N) is 5. The van der Waals surface area contributed by atoms with Gasteiger partial charge in [0.2, 0.25) is 0 Å². The summed E-state index contributed by atoms with van der Waals surface area (Å²) < 4.78 is 12.3. The van der Waals surface area contributed by atoms with E-state index in [0.717, 1.165) is 5.56 Å². The Balaban J connectivity index is 1.80. The van der Waals surface area contributed by atoms with Crippen LogP contribution in [0, 0.1) is 6.92 Å². The zero-order chi connectivity index (χ0) is 15.0. The van der Waals surface area contributed by atoms with E-state index in [1.54, 1.807) is 16.9 Å². The van der Waals surface area contributed by atoms with Gasteiger partial charge in [-0.1, -0.05) is 31.1 Å². The molecule has 0 N–H and O–H groups in total. The van der Waals surface area contributed by atoms with Crippen molar-refractivity contribution in [3.8, 4) is 11.6 Å². The lowest BCUT2D eigenvalue weighted by atomic mass is 9.96. The molecule has 3 rings (SSSR count). The lowest BCUT2D eigenvalue weighted by molar-refractivity contribution is 0.366. The molecule has 0 fully saturated rings. The van der Waals surface area contributed by atoms with Crippen LogP contribution in [-0.2, 0) is 12.0 Å². The molecule has 3 aromatic heterocycles. The first-order chi connectivity index (χ1) is 9.91. The number of hydrogen-bond donors (Lipinski definition) is 0. The Bertz CT molecular complexity index is 747. The van der Waals surface area contributed by atoms with Crippen molar-refractivity contribution >= 4 is 0 Å². The van der Waals surface area contributed by atoms with Gasteiger partial charge in [0.1, 0.15) is 6.54 Å². The Hall–Kier alpha value is -2.44. The van der Waals surface area contributed by atoms with Crippen LogP contribution >= 0.6 is 0 Å². The summed E-state index contributed by atoms with van der Waals surface area (Å²) in [5.74, 6) is 1.69. The third-order valence-electron chi connectivity index (χ3n) is 2.96. The van der Waals surface area contributed by atoms with Gasteiger partial charge in [-0.3, -0.25) is 4.68 Å². The Labute approximate surface area is 121 Å². The van der Waals surface area contributed by atoms with E-state index in [2.05, 4.69) is 20.4 Å². The second-order valence-corrected chi connectivity index (χ2v) is 6.07. The molecule has 7 nitrogen and oxygen atoms in total. The van der Waals surface area contributed by atoms with Crippen LogP contribution in [0.3, 0.4) is 0 Å². The molecule has 0 amide bonds. The summed E-state index contributed by atoms with van der Waals surface area (Å²) in [5, 5.41) is 12.2. The Kier molecular flexibility index (Phi) is 3.12. The van der Waals surface area contributed by atoms with Gasteiger partial charge in [0.25, 0.3) is 5.89 Å². The number of hydrogen-bond acceptors (Lipinski definition) is 6. The van der Waals surface area contributed by atoms with E-state index in [1.807, 2.05) is 33.9 Å². The maximum Gasteiger partial charge on any atom is 0.280 e. The summed E-state index contributed by atoms with van der Waals surface area (Å²) in [6.45, 7) is 8.57. The van der Waals surface area contributed by atoms with Crippen LogP contribution in [0.15, 0.2) is 27.5 Å². The predicted octanol–water partition coefficient (Wildman–Crippen LogP) is 2.58. The van der Waals surface area contributed by atoms with Crippen molar-refractivity contribution in [1.82, 2.24) is 25.1 Å². The van der Waals surface area contributed by atoms with Crippen molar-refractivity contribution in [2.45, 2.75) is 39.7 Å². The molecule has 0 unspecified atom stereocenters. The number of aromatic nitrogens is 5. The lowest BCUT2D eigenvalue weighted by Crippen LogP contribution is -2.13. The van der Waals surface area contributed by atoms with E-state index in [1.165, 1.54) is 0 Å². The quantitative estimate of drug-likeness (QED) is 0.736. The molecule has 3 heterocycles. The minimum absolute atomic E-state index is 0.166. The predicted molar refractivity (Wildman–Crippen MR) is 74.6 cm³/mol. The van der Waals surface area contributed by atoms with Crippen molar-refractivity contribution in [3.05, 3.63) is 35.6 Å². The molecular formula is C14H17N5O2. The van der Waals surface area contributed by atoms with Gasteiger partial charge in [0, 0.05) is 17.7 Å². The normalized spacial score (nSPS) is 12.0. The van der Waals surface area contributed by atoms with E-state index in [9.17, 15) is 0 Å². The first kappa shape index (κ1) is 13.5. The zero-order valence-corrected chi connectivity index (χ0v) is 12.5. The number of rotatable bonds is 3. The molecule has 7 heteroatoms. The molecular weight excluding hydrogens is 270 g/mol. The average Bonchev–Trinajstić information content (AvgIpc) is 3.08. The molecule has 0 saturated carbocycles. The summed E-state index contributed by atoms with van der Waals surface area (Å²) in [4.78, 5) is 4.35. The van der Waals surface area contributed by atoms with E-state index in [4.69, 9.17) is 9.05 Å². The summed E-state index contributed by atoms with van der Waals surface area (Å²) in [7, 11) is 0. The van der Waals surface area contributed by atoms with Crippen LogP contribution in [-0.4, -0.2) is 25.1 Å². The molecule has 0 aliphatic heterocycles. The topological polar surface area (TPSA) is 82.8 Å². The fourth-order valence-corrected chi connectivity index (χ4v) is 1.83. The van der Waals surface area contributed by atoms with Crippen molar-refractivity contribution < 1.29 is 9.05 Å². The summed E-state index contributed by atoms with van der Waals surface area (Å²) in [6.07, 6.45) is 3.73. The van der Waals surface area contributed by atoms with Gasteiger partial charge in [-0.15, -0.1) is 0 Å². The van der Waals surface area contributed by atoms with E-state index < -0.39 is 0 Å². The molecule has 0 saturated heterocycles.